The molecule has 0 saturated carbocycles. The topological polar surface area (TPSA) is 21.1 Å². The Hall–Kier alpha value is -1.89. The Morgan fingerprint density at radius 1 is 1.30 bits per heavy atom. The van der Waals surface area contributed by atoms with Crippen molar-refractivity contribution in [3.63, 3.8) is 0 Å². The predicted molar refractivity (Wildman–Crippen MR) is 86.9 cm³/mol. The van der Waals surface area contributed by atoms with E-state index in [0.717, 1.165) is 20.7 Å². The van der Waals surface area contributed by atoms with Gasteiger partial charge in [0.2, 0.25) is 5.95 Å². The number of alkyl halides is 2. The summed E-state index contributed by atoms with van der Waals surface area (Å²) in [5.41, 5.74) is 1.62. The third kappa shape index (κ3) is 3.72. The Morgan fingerprint density at radius 2 is 1.96 bits per heavy atom. The maximum absolute atomic E-state index is 13.9. The fourth-order valence-electron chi connectivity index (χ4n) is 2.38. The van der Waals surface area contributed by atoms with Crippen molar-refractivity contribution in [1.29, 1.82) is 0 Å². The molecule has 0 amide bonds. The van der Waals surface area contributed by atoms with Crippen molar-refractivity contribution in [2.24, 2.45) is 7.05 Å². The van der Waals surface area contributed by atoms with E-state index in [1.54, 1.807) is 12.1 Å². The van der Waals surface area contributed by atoms with E-state index in [4.69, 9.17) is 12.2 Å². The monoisotopic (exact) mass is 341 g/mol. The van der Waals surface area contributed by atoms with Crippen molar-refractivity contribution >= 4 is 17.2 Å². The molecule has 7 heteroatoms. The zero-order valence-corrected chi connectivity index (χ0v) is 13.9. The minimum atomic E-state index is -2.83. The van der Waals surface area contributed by atoms with E-state index in [0.29, 0.717) is 0 Å². The predicted octanol–water partition coefficient (Wildman–Crippen LogP) is 4.08. The van der Waals surface area contributed by atoms with Crippen molar-refractivity contribution in [1.82, 2.24) is 14.7 Å². The standard InChI is InChI=1S/C16H18F3N3S/c1-10(2)12-7-5-4-6-11(12)9-22(16(18)19)15(23)13-8-20-21(3)14(13)17/h4-8,10,16H,9H2,1-3H3. The first-order valence-electron chi connectivity index (χ1n) is 7.17. The molecular weight excluding hydrogens is 323 g/mol. The van der Waals surface area contributed by atoms with Gasteiger partial charge in [-0.25, -0.2) is 4.68 Å². The maximum atomic E-state index is 13.9. The zero-order valence-electron chi connectivity index (χ0n) is 13.1. The molecule has 0 radical (unpaired) electrons. The first kappa shape index (κ1) is 17.5. The molecule has 1 heterocycles. The molecule has 2 rings (SSSR count). The van der Waals surface area contributed by atoms with Crippen LogP contribution in [0.3, 0.4) is 0 Å². The van der Waals surface area contributed by atoms with Gasteiger partial charge in [0.25, 0.3) is 0 Å². The molecular formula is C16H18F3N3S. The third-order valence-corrected chi connectivity index (χ3v) is 4.07. The summed E-state index contributed by atoms with van der Waals surface area (Å²) in [6, 6.07) is 7.34. The van der Waals surface area contributed by atoms with Gasteiger partial charge in [-0.15, -0.1) is 0 Å². The first-order valence-corrected chi connectivity index (χ1v) is 7.58. The minimum absolute atomic E-state index is 0.0841. The number of hydrogen-bond acceptors (Lipinski definition) is 2. The lowest BCUT2D eigenvalue weighted by atomic mass is 9.97. The van der Waals surface area contributed by atoms with Crippen LogP contribution in [0.2, 0.25) is 0 Å². The Labute approximate surface area is 138 Å². The molecule has 0 aliphatic rings. The summed E-state index contributed by atoms with van der Waals surface area (Å²) in [4.78, 5) is 0.473. The number of benzene rings is 1. The van der Waals surface area contributed by atoms with Gasteiger partial charge >= 0.3 is 6.55 Å². The average Bonchev–Trinajstić information content (AvgIpc) is 2.84. The maximum Gasteiger partial charge on any atom is 0.316 e. The van der Waals surface area contributed by atoms with E-state index in [1.807, 2.05) is 26.0 Å². The summed E-state index contributed by atoms with van der Waals surface area (Å²) in [5, 5.41) is 3.71. The second-order valence-electron chi connectivity index (χ2n) is 5.54. The molecule has 0 bridgehead atoms. The summed E-state index contributed by atoms with van der Waals surface area (Å²) >= 11 is 5.08. The van der Waals surface area contributed by atoms with Crippen LogP contribution in [0.15, 0.2) is 30.5 Å². The molecule has 0 unspecified atom stereocenters. The van der Waals surface area contributed by atoms with Crippen molar-refractivity contribution in [2.45, 2.75) is 32.9 Å². The van der Waals surface area contributed by atoms with Crippen molar-refractivity contribution in [3.05, 3.63) is 53.1 Å². The number of halogens is 3. The van der Waals surface area contributed by atoms with Crippen LogP contribution in [0.25, 0.3) is 0 Å². The Balaban J connectivity index is 2.33. The number of hydrogen-bond donors (Lipinski definition) is 0. The van der Waals surface area contributed by atoms with Crippen LogP contribution in [0.4, 0.5) is 13.2 Å². The van der Waals surface area contributed by atoms with Gasteiger partial charge in [0.1, 0.15) is 4.99 Å². The molecule has 23 heavy (non-hydrogen) atoms. The van der Waals surface area contributed by atoms with Gasteiger partial charge in [0.05, 0.1) is 11.8 Å². The van der Waals surface area contributed by atoms with Crippen LogP contribution in [0.5, 0.6) is 0 Å². The number of nitrogens with zero attached hydrogens (tertiary/aromatic N) is 3. The fraction of sp³-hybridized carbons (Fsp3) is 0.375. The van der Waals surface area contributed by atoms with E-state index >= 15 is 0 Å². The van der Waals surface area contributed by atoms with Gasteiger partial charge in [-0.2, -0.15) is 18.3 Å². The van der Waals surface area contributed by atoms with Crippen molar-refractivity contribution in [3.8, 4) is 0 Å². The van der Waals surface area contributed by atoms with E-state index < -0.39 is 12.5 Å². The molecule has 124 valence electrons. The molecule has 0 aliphatic carbocycles. The molecule has 0 atom stereocenters. The highest BCUT2D eigenvalue weighted by Crippen LogP contribution is 2.24. The SMILES string of the molecule is CC(C)c1ccccc1CN(C(=S)c1cnn(C)c1F)C(F)F. The number of aryl methyl sites for hydroxylation is 1. The number of thiocarbonyl (C=S) groups is 1. The lowest BCUT2D eigenvalue weighted by Gasteiger charge is -2.25. The molecule has 1 aromatic carbocycles. The summed E-state index contributed by atoms with van der Waals surface area (Å²) in [6.07, 6.45) is 1.17. The van der Waals surface area contributed by atoms with Crippen molar-refractivity contribution < 1.29 is 13.2 Å². The summed E-state index contributed by atoms with van der Waals surface area (Å²) < 4.78 is 41.9. The highest BCUT2D eigenvalue weighted by Gasteiger charge is 2.25. The van der Waals surface area contributed by atoms with Gasteiger partial charge in [0.15, 0.2) is 0 Å². The van der Waals surface area contributed by atoms with Crippen LogP contribution in [0, 0.1) is 5.95 Å². The Morgan fingerprint density at radius 3 is 2.48 bits per heavy atom. The summed E-state index contributed by atoms with van der Waals surface area (Å²) in [6.45, 7) is 1.07. The molecule has 1 aromatic heterocycles. The van der Waals surface area contributed by atoms with Gasteiger partial charge in [0, 0.05) is 13.6 Å². The van der Waals surface area contributed by atoms with E-state index in [2.05, 4.69) is 5.10 Å². The van der Waals surface area contributed by atoms with Gasteiger partial charge in [-0.1, -0.05) is 50.3 Å². The Kier molecular flexibility index (Phi) is 5.41. The second kappa shape index (κ2) is 7.12. The molecule has 0 saturated heterocycles. The average molecular weight is 341 g/mol. The lowest BCUT2D eigenvalue weighted by molar-refractivity contribution is 0.0186. The lowest BCUT2D eigenvalue weighted by Crippen LogP contribution is -2.35. The highest BCUT2D eigenvalue weighted by atomic mass is 32.1. The molecule has 0 N–H and O–H groups in total. The zero-order chi connectivity index (χ0) is 17.1. The normalized spacial score (nSPS) is 11.3. The highest BCUT2D eigenvalue weighted by molar-refractivity contribution is 7.80. The van der Waals surface area contributed by atoms with E-state index in [1.165, 1.54) is 13.2 Å². The number of rotatable bonds is 5. The second-order valence-corrected chi connectivity index (χ2v) is 5.92. The van der Waals surface area contributed by atoms with E-state index in [-0.39, 0.29) is 23.0 Å². The third-order valence-electron chi connectivity index (χ3n) is 3.61. The van der Waals surface area contributed by atoms with E-state index in [9.17, 15) is 13.2 Å². The summed E-state index contributed by atoms with van der Waals surface area (Å²) in [7, 11) is 1.39. The molecule has 0 spiro atoms. The summed E-state index contributed by atoms with van der Waals surface area (Å²) in [5.74, 6) is -0.535. The molecule has 0 aliphatic heterocycles. The van der Waals surface area contributed by atoms with Crippen LogP contribution in [-0.2, 0) is 13.6 Å². The molecule has 3 nitrogen and oxygen atoms in total. The first-order chi connectivity index (χ1) is 10.8. The quantitative estimate of drug-likeness (QED) is 0.604. The van der Waals surface area contributed by atoms with Gasteiger partial charge < -0.3 is 4.90 Å². The van der Waals surface area contributed by atoms with Gasteiger partial charge in [-0.3, -0.25) is 0 Å². The molecule has 2 aromatic rings. The smallest absolute Gasteiger partial charge is 0.302 e. The van der Waals surface area contributed by atoms with Crippen LogP contribution in [0.1, 0.15) is 36.5 Å². The largest absolute Gasteiger partial charge is 0.316 e. The fourth-order valence-corrected chi connectivity index (χ4v) is 2.66. The minimum Gasteiger partial charge on any atom is -0.302 e. The van der Waals surface area contributed by atoms with Gasteiger partial charge in [-0.05, 0) is 17.0 Å². The van der Waals surface area contributed by atoms with Crippen LogP contribution in [-0.4, -0.2) is 26.2 Å². The van der Waals surface area contributed by atoms with Crippen LogP contribution < -0.4 is 0 Å². The molecule has 0 fully saturated rings. The van der Waals surface area contributed by atoms with Crippen LogP contribution >= 0.6 is 12.2 Å². The Bertz CT molecular complexity index is 698. The number of aromatic nitrogens is 2. The van der Waals surface area contributed by atoms with Crippen molar-refractivity contribution in [2.75, 3.05) is 0 Å².